The zero-order valence-electron chi connectivity index (χ0n) is 8.23. The minimum absolute atomic E-state index is 0.228. The molecule has 12 heavy (non-hydrogen) atoms. The maximum atomic E-state index is 5.95. The SMILES string of the molecule is C[SiH](C)O[Si](C)(C)CCC(Cl)Cl. The van der Waals surface area contributed by atoms with Crippen LogP contribution in [0.2, 0.25) is 32.2 Å². The van der Waals surface area contributed by atoms with Gasteiger partial charge < -0.3 is 4.12 Å². The molecule has 0 atom stereocenters. The standard InChI is InChI=1S/C7H18Cl2OSi2/c1-11(2)10-12(3,4)6-5-7(8)9/h7,11H,5-6H2,1-4H3. The smallest absolute Gasteiger partial charge is 0.173 e. The van der Waals surface area contributed by atoms with Crippen LogP contribution in [-0.4, -0.2) is 22.2 Å². The highest BCUT2D eigenvalue weighted by atomic mass is 35.5. The van der Waals surface area contributed by atoms with E-state index in [-0.39, 0.29) is 4.84 Å². The van der Waals surface area contributed by atoms with E-state index >= 15 is 0 Å². The average molecular weight is 245 g/mol. The van der Waals surface area contributed by atoms with Gasteiger partial charge in [0, 0.05) is 0 Å². The zero-order chi connectivity index (χ0) is 9.78. The summed E-state index contributed by atoms with van der Waals surface area (Å²) in [6.07, 6.45) is 0.865. The Morgan fingerprint density at radius 2 is 1.83 bits per heavy atom. The summed E-state index contributed by atoms with van der Waals surface area (Å²) < 4.78 is 5.95. The van der Waals surface area contributed by atoms with Crippen molar-refractivity contribution >= 4 is 40.6 Å². The number of alkyl halides is 2. The molecule has 0 aromatic heterocycles. The summed E-state index contributed by atoms with van der Waals surface area (Å²) in [5.41, 5.74) is 0. The first kappa shape index (κ1) is 13.0. The first-order valence-electron chi connectivity index (χ1n) is 4.29. The fourth-order valence-electron chi connectivity index (χ4n) is 1.15. The molecule has 0 spiro atoms. The molecule has 5 heteroatoms. The summed E-state index contributed by atoms with van der Waals surface area (Å²) in [4.78, 5) is -0.228. The number of hydrogen-bond acceptors (Lipinski definition) is 1. The Bertz CT molecular complexity index is 129. The highest BCUT2D eigenvalue weighted by Gasteiger charge is 2.23. The van der Waals surface area contributed by atoms with Gasteiger partial charge in [0.2, 0.25) is 0 Å². The van der Waals surface area contributed by atoms with Crippen LogP contribution in [0.3, 0.4) is 0 Å². The second-order valence-electron chi connectivity index (χ2n) is 3.86. The normalized spacial score (nSPS) is 13.0. The Balaban J connectivity index is 3.71. The van der Waals surface area contributed by atoms with Crippen molar-refractivity contribution in [2.45, 2.75) is 43.5 Å². The summed E-state index contributed by atoms with van der Waals surface area (Å²) in [5, 5.41) is 0. The van der Waals surface area contributed by atoms with Crippen LogP contribution in [0, 0.1) is 0 Å². The molecule has 1 nitrogen and oxygen atoms in total. The molecular formula is C7H18Cl2OSi2. The molecule has 0 radical (unpaired) electrons. The summed E-state index contributed by atoms with van der Waals surface area (Å²) >= 11 is 11.3. The van der Waals surface area contributed by atoms with E-state index in [0.29, 0.717) is 0 Å². The van der Waals surface area contributed by atoms with Gasteiger partial charge in [-0.2, -0.15) is 0 Å². The molecule has 0 N–H and O–H groups in total. The van der Waals surface area contributed by atoms with Crippen molar-refractivity contribution in [3.05, 3.63) is 0 Å². The molecule has 74 valence electrons. The average Bonchev–Trinajstić information content (AvgIpc) is 1.81. The van der Waals surface area contributed by atoms with Crippen molar-refractivity contribution in [2.24, 2.45) is 0 Å². The van der Waals surface area contributed by atoms with E-state index in [1.54, 1.807) is 0 Å². The highest BCUT2D eigenvalue weighted by Crippen LogP contribution is 2.20. The largest absolute Gasteiger partial charge is 0.458 e. The molecule has 0 aromatic rings. The zero-order valence-corrected chi connectivity index (χ0v) is 11.9. The number of halogens is 2. The lowest BCUT2D eigenvalue weighted by Crippen LogP contribution is -2.35. The van der Waals surface area contributed by atoms with Gasteiger partial charge in [-0.15, -0.1) is 23.2 Å². The maximum Gasteiger partial charge on any atom is 0.173 e. The highest BCUT2D eigenvalue weighted by molar-refractivity contribution is 6.77. The van der Waals surface area contributed by atoms with Gasteiger partial charge in [0.05, 0.1) is 0 Å². The van der Waals surface area contributed by atoms with E-state index in [0.717, 1.165) is 12.5 Å². The molecule has 0 aliphatic carbocycles. The predicted molar refractivity (Wildman–Crippen MR) is 62.4 cm³/mol. The first-order valence-corrected chi connectivity index (χ1v) is 11.1. The van der Waals surface area contributed by atoms with E-state index < -0.39 is 17.4 Å². The molecule has 0 heterocycles. The van der Waals surface area contributed by atoms with E-state index in [9.17, 15) is 0 Å². The van der Waals surface area contributed by atoms with E-state index in [1.807, 2.05) is 0 Å². The summed E-state index contributed by atoms with van der Waals surface area (Å²) in [5.74, 6) is 0. The Kier molecular flexibility index (Phi) is 6.11. The molecule has 0 saturated carbocycles. The summed E-state index contributed by atoms with van der Waals surface area (Å²) in [7, 11) is -2.32. The van der Waals surface area contributed by atoms with Gasteiger partial charge in [-0.1, -0.05) is 0 Å². The third-order valence-electron chi connectivity index (χ3n) is 1.52. The summed E-state index contributed by atoms with van der Waals surface area (Å²) in [6, 6.07) is 1.07. The van der Waals surface area contributed by atoms with Crippen molar-refractivity contribution < 1.29 is 4.12 Å². The topological polar surface area (TPSA) is 9.23 Å². The van der Waals surface area contributed by atoms with Crippen molar-refractivity contribution in [1.82, 2.24) is 0 Å². The van der Waals surface area contributed by atoms with Crippen LogP contribution in [-0.2, 0) is 4.12 Å². The minimum Gasteiger partial charge on any atom is -0.458 e. The van der Waals surface area contributed by atoms with Gasteiger partial charge in [-0.3, -0.25) is 0 Å². The van der Waals surface area contributed by atoms with Crippen LogP contribution in [0.1, 0.15) is 6.42 Å². The molecule has 0 bridgehead atoms. The molecule has 0 saturated heterocycles. The molecule has 0 amide bonds. The third-order valence-corrected chi connectivity index (χ3v) is 7.89. The lowest BCUT2D eigenvalue weighted by Gasteiger charge is -2.25. The molecule has 0 aromatic carbocycles. The van der Waals surface area contributed by atoms with Crippen molar-refractivity contribution in [3.8, 4) is 0 Å². The van der Waals surface area contributed by atoms with Crippen molar-refractivity contribution in [1.29, 1.82) is 0 Å². The Morgan fingerprint density at radius 3 is 2.17 bits per heavy atom. The van der Waals surface area contributed by atoms with E-state index in [4.69, 9.17) is 27.3 Å². The Labute approximate surface area is 88.3 Å². The van der Waals surface area contributed by atoms with Crippen LogP contribution in [0.5, 0.6) is 0 Å². The molecule has 0 unspecified atom stereocenters. The van der Waals surface area contributed by atoms with Gasteiger partial charge in [0.1, 0.15) is 4.84 Å². The second-order valence-corrected chi connectivity index (χ2v) is 12.2. The monoisotopic (exact) mass is 244 g/mol. The minimum atomic E-state index is -1.44. The Hall–Kier alpha value is 0.974. The van der Waals surface area contributed by atoms with Gasteiger partial charge in [-0.05, 0) is 38.7 Å². The fourth-order valence-corrected chi connectivity index (χ4v) is 8.30. The van der Waals surface area contributed by atoms with Crippen LogP contribution in [0.25, 0.3) is 0 Å². The van der Waals surface area contributed by atoms with Gasteiger partial charge in [0.15, 0.2) is 17.4 Å². The van der Waals surface area contributed by atoms with Gasteiger partial charge in [0.25, 0.3) is 0 Å². The van der Waals surface area contributed by atoms with Gasteiger partial charge in [-0.25, -0.2) is 0 Å². The molecule has 0 fully saturated rings. The molecule has 0 aliphatic rings. The van der Waals surface area contributed by atoms with Crippen LogP contribution >= 0.6 is 23.2 Å². The first-order chi connectivity index (χ1) is 5.33. The van der Waals surface area contributed by atoms with E-state index in [1.165, 1.54) is 0 Å². The number of rotatable bonds is 5. The van der Waals surface area contributed by atoms with Crippen molar-refractivity contribution in [2.75, 3.05) is 0 Å². The Morgan fingerprint density at radius 1 is 1.33 bits per heavy atom. The van der Waals surface area contributed by atoms with Crippen LogP contribution < -0.4 is 0 Å². The second kappa shape index (κ2) is 5.65. The van der Waals surface area contributed by atoms with Crippen LogP contribution in [0.4, 0.5) is 0 Å². The predicted octanol–water partition coefficient (Wildman–Crippen LogP) is 3.39. The molecule has 0 rings (SSSR count). The lowest BCUT2D eigenvalue weighted by molar-refractivity contribution is 0.568. The van der Waals surface area contributed by atoms with Crippen molar-refractivity contribution in [3.63, 3.8) is 0 Å². The third kappa shape index (κ3) is 7.61. The fraction of sp³-hybridized carbons (Fsp3) is 1.00. The lowest BCUT2D eigenvalue weighted by atomic mass is 10.6. The molecule has 0 aliphatic heterocycles. The van der Waals surface area contributed by atoms with Gasteiger partial charge >= 0.3 is 0 Å². The summed E-state index contributed by atoms with van der Waals surface area (Å²) in [6.45, 7) is 8.87. The molecular weight excluding hydrogens is 227 g/mol. The maximum absolute atomic E-state index is 5.95. The number of hydrogen-bond donors (Lipinski definition) is 0. The van der Waals surface area contributed by atoms with Crippen LogP contribution in [0.15, 0.2) is 0 Å². The quantitative estimate of drug-likeness (QED) is 0.533. The van der Waals surface area contributed by atoms with E-state index in [2.05, 4.69) is 26.2 Å².